The van der Waals surface area contributed by atoms with E-state index in [4.69, 9.17) is 23.2 Å². The monoisotopic (exact) mass is 281 g/mol. The summed E-state index contributed by atoms with van der Waals surface area (Å²) in [6, 6.07) is 0. The number of halogens is 2. The van der Waals surface area contributed by atoms with Gasteiger partial charge in [0.05, 0.1) is 0 Å². The molecular formula is C11H17Cl2NOS. The lowest BCUT2D eigenvalue weighted by Crippen LogP contribution is -1.89. The summed E-state index contributed by atoms with van der Waals surface area (Å²) in [6.07, 6.45) is 11.0. The van der Waals surface area contributed by atoms with Gasteiger partial charge in [-0.25, -0.2) is 4.21 Å². The van der Waals surface area contributed by atoms with E-state index in [9.17, 15) is 4.21 Å². The molecule has 0 aromatic heterocycles. The Kier molecular flexibility index (Phi) is 7.33. The zero-order chi connectivity index (χ0) is 11.8. The van der Waals surface area contributed by atoms with Crippen molar-refractivity contribution >= 4 is 40.4 Å². The summed E-state index contributed by atoms with van der Waals surface area (Å²) in [6.45, 7) is 0. The van der Waals surface area contributed by atoms with Gasteiger partial charge in [0.2, 0.25) is 0 Å². The summed E-state index contributed by atoms with van der Waals surface area (Å²) in [5.74, 6) is 0. The van der Waals surface area contributed by atoms with Crippen molar-refractivity contribution in [3.8, 4) is 0 Å². The Morgan fingerprint density at radius 1 is 1.19 bits per heavy atom. The fourth-order valence-electron chi connectivity index (χ4n) is 1.59. The van der Waals surface area contributed by atoms with Gasteiger partial charge in [0.25, 0.3) is 0 Å². The molecule has 92 valence electrons. The van der Waals surface area contributed by atoms with Gasteiger partial charge in [-0.3, -0.25) is 0 Å². The van der Waals surface area contributed by atoms with Crippen molar-refractivity contribution in [1.82, 2.24) is 0 Å². The Hall–Kier alpha value is 0.140. The molecule has 2 nitrogen and oxygen atoms in total. The third-order valence-electron chi connectivity index (χ3n) is 2.49. The van der Waals surface area contributed by atoms with Gasteiger partial charge < -0.3 is 0 Å². The molecule has 1 rings (SSSR count). The Morgan fingerprint density at radius 3 is 2.50 bits per heavy atom. The van der Waals surface area contributed by atoms with E-state index in [1.165, 1.54) is 19.3 Å². The highest BCUT2D eigenvalue weighted by Gasteiger charge is 2.08. The van der Waals surface area contributed by atoms with E-state index < -0.39 is 11.0 Å². The lowest BCUT2D eigenvalue weighted by Gasteiger charge is -2.02. The van der Waals surface area contributed by atoms with Crippen LogP contribution in [0.2, 0.25) is 0 Å². The molecule has 0 N–H and O–H groups in total. The van der Waals surface area contributed by atoms with Crippen LogP contribution in [-0.2, 0) is 11.0 Å². The summed E-state index contributed by atoms with van der Waals surface area (Å²) in [4.78, 5) is 0.741. The molecule has 1 unspecified atom stereocenters. The van der Waals surface area contributed by atoms with E-state index in [0.29, 0.717) is 0 Å². The molecule has 0 bridgehead atoms. The average molecular weight is 282 g/mol. The Labute approximate surface area is 110 Å². The summed E-state index contributed by atoms with van der Waals surface area (Å²) in [7, 11) is -1.08. The molecule has 0 fully saturated rings. The highest BCUT2D eigenvalue weighted by Crippen LogP contribution is 2.18. The van der Waals surface area contributed by atoms with E-state index in [2.05, 4.69) is 4.40 Å². The second-order valence-corrected chi connectivity index (χ2v) is 6.34. The molecule has 1 aliphatic heterocycles. The molecule has 0 radical (unpaired) electrons. The van der Waals surface area contributed by atoms with E-state index >= 15 is 0 Å². The summed E-state index contributed by atoms with van der Waals surface area (Å²) >= 11 is 11.3. The van der Waals surface area contributed by atoms with Crippen LogP contribution < -0.4 is 0 Å². The number of unbranched alkanes of at least 4 members (excludes halogenated alkanes) is 4. The number of rotatable bonds is 8. The SMILES string of the molecule is O=S1N=CC=C1CCCCCCCC(Cl)Cl. The molecule has 0 saturated heterocycles. The third-order valence-corrected chi connectivity index (χ3v) is 4.03. The highest BCUT2D eigenvalue weighted by molar-refractivity contribution is 7.88. The van der Waals surface area contributed by atoms with E-state index in [1.807, 2.05) is 6.08 Å². The molecule has 5 heteroatoms. The minimum atomic E-state index is -1.08. The normalized spacial score (nSPS) is 19.4. The molecule has 1 atom stereocenters. The predicted octanol–water partition coefficient (Wildman–Crippen LogP) is 4.15. The minimum Gasteiger partial charge on any atom is -0.230 e. The molecule has 0 amide bonds. The number of hydrogen-bond donors (Lipinski definition) is 0. The molecular weight excluding hydrogens is 265 g/mol. The molecule has 16 heavy (non-hydrogen) atoms. The molecule has 0 aliphatic carbocycles. The van der Waals surface area contributed by atoms with E-state index in [-0.39, 0.29) is 4.84 Å². The topological polar surface area (TPSA) is 29.4 Å². The molecule has 1 heterocycles. The average Bonchev–Trinajstić information content (AvgIpc) is 2.62. The van der Waals surface area contributed by atoms with Crippen molar-refractivity contribution in [2.75, 3.05) is 0 Å². The molecule has 1 aliphatic rings. The smallest absolute Gasteiger partial charge is 0.168 e. The van der Waals surface area contributed by atoms with Crippen LogP contribution in [0.4, 0.5) is 0 Å². The Balaban J connectivity index is 1.91. The second kappa shape index (κ2) is 8.26. The van der Waals surface area contributed by atoms with Gasteiger partial charge in [-0.1, -0.05) is 25.7 Å². The number of hydrogen-bond acceptors (Lipinski definition) is 1. The largest absolute Gasteiger partial charge is 0.230 e. The first-order valence-corrected chi connectivity index (χ1v) is 7.61. The van der Waals surface area contributed by atoms with Crippen molar-refractivity contribution in [3.05, 3.63) is 11.0 Å². The maximum absolute atomic E-state index is 11.2. The lowest BCUT2D eigenvalue weighted by atomic mass is 10.1. The quantitative estimate of drug-likeness (QED) is 0.485. The van der Waals surface area contributed by atoms with Crippen LogP contribution in [0.15, 0.2) is 15.4 Å². The zero-order valence-electron chi connectivity index (χ0n) is 9.20. The van der Waals surface area contributed by atoms with Crippen molar-refractivity contribution in [2.45, 2.75) is 49.8 Å². The van der Waals surface area contributed by atoms with Gasteiger partial charge in [0.15, 0.2) is 11.0 Å². The summed E-state index contributed by atoms with van der Waals surface area (Å²) < 4.78 is 15.0. The summed E-state index contributed by atoms with van der Waals surface area (Å²) in [5.41, 5.74) is 0. The van der Waals surface area contributed by atoms with Gasteiger partial charge >= 0.3 is 0 Å². The third kappa shape index (κ3) is 6.02. The van der Waals surface area contributed by atoms with Crippen LogP contribution in [0.3, 0.4) is 0 Å². The van der Waals surface area contributed by atoms with E-state index in [1.54, 1.807) is 6.21 Å². The maximum Gasteiger partial charge on any atom is 0.168 e. The molecule has 0 aromatic rings. The Bertz CT molecular complexity index is 290. The fraction of sp³-hybridized carbons (Fsp3) is 0.727. The molecule has 0 aromatic carbocycles. The van der Waals surface area contributed by atoms with Gasteiger partial charge in [-0.15, -0.1) is 23.2 Å². The van der Waals surface area contributed by atoms with Crippen LogP contribution in [-0.4, -0.2) is 15.3 Å². The lowest BCUT2D eigenvalue weighted by molar-refractivity contribution is 0.605. The number of nitrogens with zero attached hydrogens (tertiary/aromatic N) is 1. The zero-order valence-corrected chi connectivity index (χ0v) is 11.5. The first-order chi connectivity index (χ1) is 7.70. The fourth-order valence-corrected chi connectivity index (χ4v) is 2.71. The van der Waals surface area contributed by atoms with E-state index in [0.717, 1.165) is 30.6 Å². The first-order valence-electron chi connectivity index (χ1n) is 5.63. The van der Waals surface area contributed by atoms with Crippen LogP contribution in [0.25, 0.3) is 0 Å². The second-order valence-electron chi connectivity index (χ2n) is 3.83. The van der Waals surface area contributed by atoms with Crippen LogP contribution in [0.5, 0.6) is 0 Å². The van der Waals surface area contributed by atoms with Gasteiger partial charge in [-0.05, 0) is 25.3 Å². The summed E-state index contributed by atoms with van der Waals surface area (Å²) in [5, 5.41) is 0. The van der Waals surface area contributed by atoms with Crippen molar-refractivity contribution in [1.29, 1.82) is 0 Å². The van der Waals surface area contributed by atoms with Crippen LogP contribution in [0, 0.1) is 0 Å². The minimum absolute atomic E-state index is 0.219. The number of alkyl halides is 2. The molecule has 0 spiro atoms. The first kappa shape index (κ1) is 14.2. The van der Waals surface area contributed by atoms with Gasteiger partial charge in [0, 0.05) is 11.1 Å². The Morgan fingerprint density at radius 2 is 1.88 bits per heavy atom. The maximum atomic E-state index is 11.2. The van der Waals surface area contributed by atoms with Crippen LogP contribution in [0.1, 0.15) is 44.9 Å². The highest BCUT2D eigenvalue weighted by atomic mass is 35.5. The van der Waals surface area contributed by atoms with Crippen LogP contribution >= 0.6 is 23.2 Å². The standard InChI is InChI=1S/C11H17Cl2NOS/c12-11(13)7-5-3-1-2-4-6-10-8-9-14-16(10)15/h8-9,11H,1-7H2. The molecule has 0 saturated carbocycles. The van der Waals surface area contributed by atoms with Gasteiger partial charge in [-0.2, -0.15) is 4.40 Å². The van der Waals surface area contributed by atoms with Gasteiger partial charge in [0.1, 0.15) is 4.84 Å². The number of allylic oxidation sites excluding steroid dienone is 2. The van der Waals surface area contributed by atoms with Crippen molar-refractivity contribution < 1.29 is 4.21 Å². The predicted molar refractivity (Wildman–Crippen MR) is 72.5 cm³/mol. The van der Waals surface area contributed by atoms with Crippen molar-refractivity contribution in [2.24, 2.45) is 4.40 Å². The van der Waals surface area contributed by atoms with Crippen molar-refractivity contribution in [3.63, 3.8) is 0 Å².